The molecule has 2 heteroatoms. The number of unbranched alkanes of at least 4 members (excludes halogenated alkanes) is 15. The van der Waals surface area contributed by atoms with E-state index in [1.165, 1.54) is 96.3 Å². The third kappa shape index (κ3) is 26.7. The number of aliphatic carboxylic acids is 1. The van der Waals surface area contributed by atoms with Crippen LogP contribution in [-0.2, 0) is 4.79 Å². The van der Waals surface area contributed by atoms with E-state index < -0.39 is 5.97 Å². The lowest BCUT2D eigenvalue weighted by Crippen LogP contribution is -1.92. The van der Waals surface area contributed by atoms with Crippen molar-refractivity contribution in [3.63, 3.8) is 0 Å². The molecule has 174 valence electrons. The molecule has 0 atom stereocenters. The van der Waals surface area contributed by atoms with Gasteiger partial charge in [0, 0.05) is 6.42 Å². The number of carboxylic acids is 1. The average Bonchev–Trinajstić information content (AvgIpc) is 2.73. The smallest absolute Gasteiger partial charge is 0.303 e. The summed E-state index contributed by atoms with van der Waals surface area (Å²) in [6, 6.07) is 0. The van der Waals surface area contributed by atoms with Gasteiger partial charge in [0.15, 0.2) is 0 Å². The van der Waals surface area contributed by atoms with Gasteiger partial charge in [-0.2, -0.15) is 0 Å². The minimum absolute atomic E-state index is 0.278. The molecule has 0 aliphatic rings. The van der Waals surface area contributed by atoms with Crippen LogP contribution in [0.5, 0.6) is 0 Å². The van der Waals surface area contributed by atoms with Gasteiger partial charge >= 0.3 is 5.97 Å². The monoisotopic (exact) mass is 418 g/mol. The molecule has 1 N–H and O–H groups in total. The van der Waals surface area contributed by atoms with E-state index in [-0.39, 0.29) is 6.42 Å². The molecule has 0 aromatic rings. The Kier molecular flexibility index (Phi) is 24.6. The molecule has 0 fully saturated rings. The van der Waals surface area contributed by atoms with Gasteiger partial charge in [-0.1, -0.05) is 101 Å². The molecular weight excluding hydrogens is 368 g/mol. The molecule has 0 aliphatic heterocycles. The summed E-state index contributed by atoms with van der Waals surface area (Å²) in [5.74, 6) is -0.697. The maximum Gasteiger partial charge on any atom is 0.303 e. The molecular formula is C28H50O2. The van der Waals surface area contributed by atoms with Crippen LogP contribution < -0.4 is 0 Å². The third-order valence-electron chi connectivity index (χ3n) is 5.48. The van der Waals surface area contributed by atoms with Gasteiger partial charge in [-0.15, -0.1) is 0 Å². The zero-order valence-corrected chi connectivity index (χ0v) is 20.0. The molecule has 0 bridgehead atoms. The molecule has 0 aromatic heterocycles. The van der Waals surface area contributed by atoms with E-state index in [1.54, 1.807) is 0 Å². The third-order valence-corrected chi connectivity index (χ3v) is 5.48. The molecule has 0 aliphatic carbocycles. The second-order valence-electron chi connectivity index (χ2n) is 8.53. The maximum absolute atomic E-state index is 10.4. The standard InChI is InChI=1S/C28H50O2/c1-2-3-4-5-6-7-8-9-10-11-12-13-14-15-16-17-18-19-20-21-22-23-24-25-26-27-28(29)30/h9-10,19-20,23-24H,2-8,11-18,21-22,25-27H2,1H3,(H,29,30). The summed E-state index contributed by atoms with van der Waals surface area (Å²) in [6.07, 6.45) is 38.1. The second kappa shape index (κ2) is 25.7. The van der Waals surface area contributed by atoms with Gasteiger partial charge in [0.2, 0.25) is 0 Å². The highest BCUT2D eigenvalue weighted by molar-refractivity contribution is 5.66. The number of carbonyl (C=O) groups is 1. The van der Waals surface area contributed by atoms with Crippen LogP contribution in [0.3, 0.4) is 0 Å². The van der Waals surface area contributed by atoms with Crippen molar-refractivity contribution in [1.82, 2.24) is 0 Å². The zero-order valence-electron chi connectivity index (χ0n) is 20.0. The first-order valence-electron chi connectivity index (χ1n) is 12.9. The largest absolute Gasteiger partial charge is 0.481 e. The van der Waals surface area contributed by atoms with Crippen molar-refractivity contribution in [2.45, 2.75) is 135 Å². The summed E-state index contributed by atoms with van der Waals surface area (Å²) < 4.78 is 0. The van der Waals surface area contributed by atoms with E-state index in [4.69, 9.17) is 5.11 Å². The Morgan fingerprint density at radius 2 is 0.833 bits per heavy atom. The normalized spacial score (nSPS) is 12.0. The Morgan fingerprint density at radius 1 is 0.500 bits per heavy atom. The summed E-state index contributed by atoms with van der Waals surface area (Å²) in [5.41, 5.74) is 0. The quantitative estimate of drug-likeness (QED) is 0.132. The summed E-state index contributed by atoms with van der Waals surface area (Å²) in [7, 11) is 0. The van der Waals surface area contributed by atoms with Gasteiger partial charge in [-0.3, -0.25) is 4.79 Å². The van der Waals surface area contributed by atoms with E-state index >= 15 is 0 Å². The number of carboxylic acid groups (broad SMARTS) is 1. The van der Waals surface area contributed by atoms with Gasteiger partial charge in [0.1, 0.15) is 0 Å². The van der Waals surface area contributed by atoms with Crippen LogP contribution in [0.15, 0.2) is 36.5 Å². The molecule has 0 aromatic carbocycles. The molecule has 0 rings (SSSR count). The zero-order chi connectivity index (χ0) is 22.0. The van der Waals surface area contributed by atoms with E-state index in [9.17, 15) is 4.79 Å². The molecule has 30 heavy (non-hydrogen) atoms. The number of hydrogen-bond acceptors (Lipinski definition) is 1. The lowest BCUT2D eigenvalue weighted by molar-refractivity contribution is -0.137. The molecule has 0 heterocycles. The fourth-order valence-corrected chi connectivity index (χ4v) is 3.54. The molecule has 0 saturated carbocycles. The summed E-state index contributed by atoms with van der Waals surface area (Å²) in [6.45, 7) is 2.28. The molecule has 0 radical (unpaired) electrons. The number of allylic oxidation sites excluding steroid dienone is 6. The molecule has 0 amide bonds. The lowest BCUT2D eigenvalue weighted by atomic mass is 10.1. The first-order valence-corrected chi connectivity index (χ1v) is 12.9. The van der Waals surface area contributed by atoms with Crippen LogP contribution in [-0.4, -0.2) is 11.1 Å². The van der Waals surface area contributed by atoms with Crippen molar-refractivity contribution in [1.29, 1.82) is 0 Å². The Labute approximate surface area is 187 Å². The van der Waals surface area contributed by atoms with Crippen LogP contribution in [0, 0.1) is 0 Å². The summed E-state index contributed by atoms with van der Waals surface area (Å²) in [4.78, 5) is 10.4. The van der Waals surface area contributed by atoms with Crippen molar-refractivity contribution in [3.05, 3.63) is 36.5 Å². The molecule has 0 spiro atoms. The Morgan fingerprint density at radius 3 is 1.23 bits per heavy atom. The van der Waals surface area contributed by atoms with Crippen LogP contribution in [0.25, 0.3) is 0 Å². The fraction of sp³-hybridized carbons (Fsp3) is 0.750. The van der Waals surface area contributed by atoms with Gasteiger partial charge < -0.3 is 5.11 Å². The summed E-state index contributed by atoms with van der Waals surface area (Å²) in [5, 5.41) is 8.56. The van der Waals surface area contributed by atoms with E-state index in [1.807, 2.05) is 0 Å². The van der Waals surface area contributed by atoms with Crippen molar-refractivity contribution in [2.75, 3.05) is 0 Å². The first kappa shape index (κ1) is 28.7. The fourth-order valence-electron chi connectivity index (χ4n) is 3.54. The lowest BCUT2D eigenvalue weighted by Gasteiger charge is -2.00. The highest BCUT2D eigenvalue weighted by Gasteiger charge is 1.93. The second-order valence-corrected chi connectivity index (χ2v) is 8.53. The Balaban J connectivity index is 3.20. The number of rotatable bonds is 23. The predicted octanol–water partition coefficient (Wildman–Crippen LogP) is 9.56. The minimum Gasteiger partial charge on any atom is -0.481 e. The predicted molar refractivity (Wildman–Crippen MR) is 133 cm³/mol. The van der Waals surface area contributed by atoms with Crippen molar-refractivity contribution >= 4 is 5.97 Å². The van der Waals surface area contributed by atoms with E-state index in [0.717, 1.165) is 25.7 Å². The topological polar surface area (TPSA) is 37.3 Å². The summed E-state index contributed by atoms with van der Waals surface area (Å²) >= 11 is 0. The minimum atomic E-state index is -0.697. The number of hydrogen-bond donors (Lipinski definition) is 1. The highest BCUT2D eigenvalue weighted by atomic mass is 16.4. The average molecular weight is 419 g/mol. The van der Waals surface area contributed by atoms with Gasteiger partial charge in [-0.05, 0) is 64.2 Å². The molecule has 0 unspecified atom stereocenters. The van der Waals surface area contributed by atoms with Gasteiger partial charge in [0.05, 0.1) is 0 Å². The van der Waals surface area contributed by atoms with Crippen molar-refractivity contribution < 1.29 is 9.90 Å². The van der Waals surface area contributed by atoms with Crippen molar-refractivity contribution in [3.8, 4) is 0 Å². The SMILES string of the molecule is CCCCCCCCC=CCCCCCCCCC=CCCC=CCCCC(=O)O. The van der Waals surface area contributed by atoms with Crippen molar-refractivity contribution in [2.24, 2.45) is 0 Å². The van der Waals surface area contributed by atoms with Crippen LogP contribution in [0.4, 0.5) is 0 Å². The van der Waals surface area contributed by atoms with Crippen LogP contribution >= 0.6 is 0 Å². The van der Waals surface area contributed by atoms with E-state index in [0.29, 0.717) is 0 Å². The van der Waals surface area contributed by atoms with Crippen LogP contribution in [0.1, 0.15) is 135 Å². The molecule has 2 nitrogen and oxygen atoms in total. The highest BCUT2D eigenvalue weighted by Crippen LogP contribution is 2.11. The maximum atomic E-state index is 10.4. The Bertz CT molecular complexity index is 434. The Hall–Kier alpha value is -1.31. The van der Waals surface area contributed by atoms with E-state index in [2.05, 4.69) is 43.4 Å². The molecule has 0 saturated heterocycles. The van der Waals surface area contributed by atoms with Crippen LogP contribution in [0.2, 0.25) is 0 Å². The first-order chi connectivity index (χ1) is 14.8. The van der Waals surface area contributed by atoms with Gasteiger partial charge in [0.25, 0.3) is 0 Å². The van der Waals surface area contributed by atoms with Gasteiger partial charge in [-0.25, -0.2) is 0 Å².